The maximum absolute atomic E-state index is 12.5. The third-order valence-corrected chi connectivity index (χ3v) is 5.90. The molecule has 2 atom stereocenters. The number of amides is 1. The summed E-state index contributed by atoms with van der Waals surface area (Å²) < 4.78 is 0. The van der Waals surface area contributed by atoms with Gasteiger partial charge in [-0.1, -0.05) is 33.6 Å². The number of aromatic nitrogens is 2. The number of carbonyl (C=O) groups excluding carboxylic acids is 1. The molecule has 1 amide bonds. The van der Waals surface area contributed by atoms with Crippen molar-refractivity contribution < 1.29 is 4.79 Å². The Kier molecular flexibility index (Phi) is 6.68. The highest BCUT2D eigenvalue weighted by atomic mass is 16.2. The molecule has 150 valence electrons. The summed E-state index contributed by atoms with van der Waals surface area (Å²) in [4.78, 5) is 26.3. The largest absolute Gasteiger partial charge is 0.354 e. The van der Waals surface area contributed by atoms with Crippen molar-refractivity contribution in [2.75, 3.05) is 37.6 Å². The second-order valence-electron chi connectivity index (χ2n) is 8.58. The maximum atomic E-state index is 12.5. The van der Waals surface area contributed by atoms with Crippen molar-refractivity contribution in [3.05, 3.63) is 17.6 Å². The molecule has 0 radical (unpaired) electrons. The first-order chi connectivity index (χ1) is 12.9. The molecule has 3 rings (SSSR count). The van der Waals surface area contributed by atoms with Crippen LogP contribution in [0.15, 0.2) is 6.07 Å². The van der Waals surface area contributed by atoms with Crippen molar-refractivity contribution in [1.82, 2.24) is 20.2 Å². The average molecular weight is 374 g/mol. The molecular weight excluding hydrogens is 338 g/mol. The summed E-state index contributed by atoms with van der Waals surface area (Å²) in [5.74, 6) is 3.05. The fourth-order valence-electron chi connectivity index (χ4n) is 4.12. The number of aryl methyl sites for hydroxylation is 1. The van der Waals surface area contributed by atoms with Crippen molar-refractivity contribution in [1.29, 1.82) is 0 Å². The van der Waals surface area contributed by atoms with E-state index in [1.807, 2.05) is 6.92 Å². The van der Waals surface area contributed by atoms with Crippen molar-refractivity contribution in [3.8, 4) is 0 Å². The van der Waals surface area contributed by atoms with E-state index in [0.29, 0.717) is 24.4 Å². The lowest BCUT2D eigenvalue weighted by molar-refractivity contribution is -0.123. The van der Waals surface area contributed by atoms with E-state index in [9.17, 15) is 4.79 Å². The van der Waals surface area contributed by atoms with Crippen LogP contribution in [-0.2, 0) is 4.79 Å². The maximum Gasteiger partial charge on any atom is 0.234 e. The predicted octanol–water partition coefficient (Wildman–Crippen LogP) is 2.73. The summed E-state index contributed by atoms with van der Waals surface area (Å²) in [5.41, 5.74) is 1.02. The van der Waals surface area contributed by atoms with E-state index in [2.05, 4.69) is 46.9 Å². The van der Waals surface area contributed by atoms with Crippen LogP contribution in [0.25, 0.3) is 0 Å². The zero-order valence-corrected chi connectivity index (χ0v) is 17.4. The van der Waals surface area contributed by atoms with E-state index in [4.69, 9.17) is 4.98 Å². The molecule has 1 saturated heterocycles. The highest BCUT2D eigenvalue weighted by Crippen LogP contribution is 2.23. The van der Waals surface area contributed by atoms with Gasteiger partial charge in [-0.2, -0.15) is 0 Å². The van der Waals surface area contributed by atoms with Crippen molar-refractivity contribution >= 4 is 11.7 Å². The topological polar surface area (TPSA) is 61.4 Å². The smallest absolute Gasteiger partial charge is 0.234 e. The van der Waals surface area contributed by atoms with Crippen LogP contribution in [-0.4, -0.2) is 59.5 Å². The molecule has 1 saturated carbocycles. The Labute approximate surface area is 163 Å². The van der Waals surface area contributed by atoms with Gasteiger partial charge in [-0.3, -0.25) is 9.69 Å². The molecule has 2 heterocycles. The monoisotopic (exact) mass is 373 g/mol. The summed E-state index contributed by atoms with van der Waals surface area (Å²) in [6.07, 6.45) is 4.91. The van der Waals surface area contributed by atoms with Crippen LogP contribution in [0.5, 0.6) is 0 Å². The molecule has 0 aromatic carbocycles. The quantitative estimate of drug-likeness (QED) is 0.860. The number of rotatable bonds is 5. The van der Waals surface area contributed by atoms with Crippen LogP contribution in [0.4, 0.5) is 5.82 Å². The van der Waals surface area contributed by atoms with Crippen molar-refractivity contribution in [2.24, 2.45) is 5.92 Å². The van der Waals surface area contributed by atoms with Gasteiger partial charge in [-0.25, -0.2) is 9.97 Å². The number of carbonyl (C=O) groups is 1. The van der Waals surface area contributed by atoms with E-state index in [0.717, 1.165) is 49.9 Å². The lowest BCUT2D eigenvalue weighted by atomic mass is 9.86. The lowest BCUT2D eigenvalue weighted by Gasteiger charge is -2.36. The predicted molar refractivity (Wildman–Crippen MR) is 109 cm³/mol. The lowest BCUT2D eigenvalue weighted by Crippen LogP contribution is -2.51. The fraction of sp³-hybridized carbons (Fsp3) is 0.762. The number of hydrogen-bond donors (Lipinski definition) is 1. The molecule has 0 bridgehead atoms. The molecule has 2 aliphatic rings. The first-order valence-corrected chi connectivity index (χ1v) is 10.5. The summed E-state index contributed by atoms with van der Waals surface area (Å²) in [6, 6.07) is 2.43. The highest BCUT2D eigenvalue weighted by molar-refractivity contribution is 5.78. The zero-order valence-electron chi connectivity index (χ0n) is 17.4. The number of anilines is 1. The second kappa shape index (κ2) is 9.00. The van der Waals surface area contributed by atoms with Crippen LogP contribution < -0.4 is 10.2 Å². The number of piperazine rings is 1. The minimum absolute atomic E-state index is 0.183. The summed E-state index contributed by atoms with van der Waals surface area (Å²) in [5, 5.41) is 3.27. The third kappa shape index (κ3) is 5.41. The Bertz CT molecular complexity index is 639. The van der Waals surface area contributed by atoms with Crippen LogP contribution in [0, 0.1) is 12.8 Å². The van der Waals surface area contributed by atoms with Gasteiger partial charge in [0.25, 0.3) is 0 Å². The Hall–Kier alpha value is -1.69. The molecular formula is C21H35N5O. The van der Waals surface area contributed by atoms with Gasteiger partial charge in [0, 0.05) is 49.9 Å². The van der Waals surface area contributed by atoms with Gasteiger partial charge in [-0.05, 0) is 25.7 Å². The third-order valence-electron chi connectivity index (χ3n) is 5.90. The van der Waals surface area contributed by atoms with Gasteiger partial charge in [0.05, 0.1) is 6.54 Å². The second-order valence-corrected chi connectivity index (χ2v) is 8.58. The number of nitrogens with one attached hydrogen (secondary N) is 1. The fourth-order valence-corrected chi connectivity index (χ4v) is 4.12. The summed E-state index contributed by atoms with van der Waals surface area (Å²) in [7, 11) is 0. The van der Waals surface area contributed by atoms with Crippen LogP contribution in [0.3, 0.4) is 0 Å². The molecule has 0 spiro atoms. The first kappa shape index (κ1) is 20.1. The first-order valence-electron chi connectivity index (χ1n) is 10.5. The van der Waals surface area contributed by atoms with Gasteiger partial charge >= 0.3 is 0 Å². The Morgan fingerprint density at radius 1 is 1.19 bits per heavy atom. The molecule has 6 heteroatoms. The molecule has 27 heavy (non-hydrogen) atoms. The van der Waals surface area contributed by atoms with E-state index >= 15 is 0 Å². The van der Waals surface area contributed by atoms with Crippen LogP contribution >= 0.6 is 0 Å². The molecule has 0 unspecified atom stereocenters. The minimum atomic E-state index is 0.183. The normalized spacial score (nSPS) is 24.3. The molecule has 1 aromatic rings. The van der Waals surface area contributed by atoms with Gasteiger partial charge in [0.15, 0.2) is 0 Å². The molecule has 2 fully saturated rings. The Balaban J connectivity index is 1.49. The SMILES string of the molecule is Cc1cc(N2CCN(CC(=O)N[C@H]3CCCC[C@H]3C)CC2)nc(C(C)C)n1. The molecule has 1 aliphatic carbocycles. The molecule has 1 aliphatic heterocycles. The van der Waals surface area contributed by atoms with E-state index in [1.54, 1.807) is 0 Å². The molecule has 1 N–H and O–H groups in total. The highest BCUT2D eigenvalue weighted by Gasteiger charge is 2.25. The van der Waals surface area contributed by atoms with Crippen LogP contribution in [0.2, 0.25) is 0 Å². The van der Waals surface area contributed by atoms with E-state index in [1.165, 1.54) is 19.3 Å². The summed E-state index contributed by atoms with van der Waals surface area (Å²) in [6.45, 7) is 12.7. The van der Waals surface area contributed by atoms with Gasteiger partial charge in [0.1, 0.15) is 11.6 Å². The standard InChI is InChI=1S/C21H35N5O/c1-15(2)21-22-17(4)13-19(24-21)26-11-9-25(10-12-26)14-20(27)23-18-8-6-5-7-16(18)3/h13,15-16,18H,5-12,14H2,1-4H3,(H,23,27)/t16-,18+/m1/s1. The molecule has 6 nitrogen and oxygen atoms in total. The van der Waals surface area contributed by atoms with Gasteiger partial charge in [-0.15, -0.1) is 0 Å². The van der Waals surface area contributed by atoms with E-state index < -0.39 is 0 Å². The molecule has 1 aromatic heterocycles. The van der Waals surface area contributed by atoms with Crippen LogP contribution in [0.1, 0.15) is 63.9 Å². The van der Waals surface area contributed by atoms with Gasteiger partial charge < -0.3 is 10.2 Å². The Morgan fingerprint density at radius 2 is 1.89 bits per heavy atom. The minimum Gasteiger partial charge on any atom is -0.354 e. The van der Waals surface area contributed by atoms with Gasteiger partial charge in [0.2, 0.25) is 5.91 Å². The van der Waals surface area contributed by atoms with E-state index in [-0.39, 0.29) is 5.91 Å². The van der Waals surface area contributed by atoms with Crippen molar-refractivity contribution in [2.45, 2.75) is 65.3 Å². The summed E-state index contributed by atoms with van der Waals surface area (Å²) >= 11 is 0. The average Bonchev–Trinajstić information content (AvgIpc) is 2.63. The van der Waals surface area contributed by atoms with Crippen molar-refractivity contribution in [3.63, 3.8) is 0 Å². The number of hydrogen-bond acceptors (Lipinski definition) is 5. The zero-order chi connectivity index (χ0) is 19.4. The number of nitrogens with zero attached hydrogens (tertiary/aromatic N) is 4. The Morgan fingerprint density at radius 3 is 2.56 bits per heavy atom.